The predicted octanol–water partition coefficient (Wildman–Crippen LogP) is 3.01. The topological polar surface area (TPSA) is 12.0 Å². The summed E-state index contributed by atoms with van der Waals surface area (Å²) in [5.41, 5.74) is 1.49. The Labute approximate surface area is 92.9 Å². The van der Waals surface area contributed by atoms with Crippen LogP contribution in [0.15, 0.2) is 30.3 Å². The number of hydrogen-bond acceptors (Lipinski definition) is 1. The van der Waals surface area contributed by atoms with Crippen molar-refractivity contribution in [2.45, 2.75) is 32.1 Å². The lowest BCUT2D eigenvalue weighted by Crippen LogP contribution is -2.20. The van der Waals surface area contributed by atoms with Crippen molar-refractivity contribution < 1.29 is 0 Å². The third kappa shape index (κ3) is 3.67. The maximum atomic E-state index is 3.53. The van der Waals surface area contributed by atoms with E-state index in [0.717, 1.165) is 5.92 Å². The van der Waals surface area contributed by atoms with Crippen LogP contribution in [0.25, 0.3) is 0 Å². The molecule has 0 aliphatic carbocycles. The molecule has 0 bridgehead atoms. The Bertz CT molecular complexity index is 260. The third-order valence-corrected chi connectivity index (χ3v) is 3.33. The van der Waals surface area contributed by atoms with Crippen LogP contribution >= 0.6 is 0 Å². The number of aryl methyl sites for hydroxylation is 1. The number of rotatable bonds is 3. The summed E-state index contributed by atoms with van der Waals surface area (Å²) in [7, 11) is 0. The van der Waals surface area contributed by atoms with Crippen molar-refractivity contribution in [2.75, 3.05) is 13.1 Å². The highest BCUT2D eigenvalue weighted by atomic mass is 14.9. The van der Waals surface area contributed by atoms with E-state index in [0.29, 0.717) is 0 Å². The predicted molar refractivity (Wildman–Crippen MR) is 65.0 cm³/mol. The number of benzene rings is 1. The molecular formula is C14H21N. The molecule has 1 N–H and O–H groups in total. The Morgan fingerprint density at radius 3 is 2.87 bits per heavy atom. The van der Waals surface area contributed by atoms with Gasteiger partial charge in [-0.25, -0.2) is 0 Å². The molecule has 0 amide bonds. The van der Waals surface area contributed by atoms with Crippen molar-refractivity contribution in [1.29, 1.82) is 0 Å². The summed E-state index contributed by atoms with van der Waals surface area (Å²) in [6.45, 7) is 2.45. The standard InChI is InChI=1S/C14H21N/c1-2-6-13(7-3-1)9-10-14-8-4-5-11-15-12-14/h1-3,6-7,14-15H,4-5,8-12H2. The molecule has 0 saturated carbocycles. The van der Waals surface area contributed by atoms with Crippen molar-refractivity contribution in [3.63, 3.8) is 0 Å². The van der Waals surface area contributed by atoms with Gasteiger partial charge in [0.15, 0.2) is 0 Å². The Hall–Kier alpha value is -0.820. The molecule has 1 aliphatic rings. The fourth-order valence-electron chi connectivity index (χ4n) is 2.35. The molecule has 1 unspecified atom stereocenters. The summed E-state index contributed by atoms with van der Waals surface area (Å²) in [4.78, 5) is 0. The van der Waals surface area contributed by atoms with Gasteiger partial charge in [0.25, 0.3) is 0 Å². The van der Waals surface area contributed by atoms with E-state index < -0.39 is 0 Å². The average molecular weight is 203 g/mol. The minimum absolute atomic E-state index is 0.896. The van der Waals surface area contributed by atoms with E-state index in [-0.39, 0.29) is 0 Å². The van der Waals surface area contributed by atoms with Crippen molar-refractivity contribution in [3.05, 3.63) is 35.9 Å². The second-order valence-electron chi connectivity index (χ2n) is 4.59. The second-order valence-corrected chi connectivity index (χ2v) is 4.59. The largest absolute Gasteiger partial charge is 0.316 e. The molecule has 0 spiro atoms. The molecule has 1 aromatic carbocycles. The van der Waals surface area contributed by atoms with Crippen LogP contribution in [0.3, 0.4) is 0 Å². The molecule has 1 aliphatic heterocycles. The van der Waals surface area contributed by atoms with E-state index in [4.69, 9.17) is 0 Å². The van der Waals surface area contributed by atoms with Crippen LogP contribution in [0.5, 0.6) is 0 Å². The molecular weight excluding hydrogens is 182 g/mol. The summed E-state index contributed by atoms with van der Waals surface area (Å²) < 4.78 is 0. The van der Waals surface area contributed by atoms with Crippen LogP contribution in [0, 0.1) is 5.92 Å². The molecule has 1 fully saturated rings. The van der Waals surface area contributed by atoms with E-state index in [2.05, 4.69) is 35.6 Å². The highest BCUT2D eigenvalue weighted by molar-refractivity contribution is 5.14. The van der Waals surface area contributed by atoms with E-state index in [1.165, 1.54) is 50.8 Å². The molecule has 1 atom stereocenters. The SMILES string of the molecule is c1ccc(CCC2CCCCNC2)cc1. The first-order valence-electron chi connectivity index (χ1n) is 6.20. The van der Waals surface area contributed by atoms with Crippen LogP contribution in [0.4, 0.5) is 0 Å². The Kier molecular flexibility index (Phi) is 4.22. The highest BCUT2D eigenvalue weighted by Crippen LogP contribution is 2.17. The maximum Gasteiger partial charge on any atom is -0.00204 e. The molecule has 15 heavy (non-hydrogen) atoms. The van der Waals surface area contributed by atoms with Gasteiger partial charge in [-0.05, 0) is 50.3 Å². The number of hydrogen-bond donors (Lipinski definition) is 1. The van der Waals surface area contributed by atoms with Gasteiger partial charge >= 0.3 is 0 Å². The first-order chi connectivity index (χ1) is 7.45. The Morgan fingerprint density at radius 1 is 1.13 bits per heavy atom. The van der Waals surface area contributed by atoms with Crippen molar-refractivity contribution in [3.8, 4) is 0 Å². The first-order valence-corrected chi connectivity index (χ1v) is 6.20. The van der Waals surface area contributed by atoms with Gasteiger partial charge in [0, 0.05) is 0 Å². The van der Waals surface area contributed by atoms with E-state index >= 15 is 0 Å². The summed E-state index contributed by atoms with van der Waals surface area (Å²) >= 11 is 0. The molecule has 1 heteroatoms. The molecule has 1 saturated heterocycles. The second kappa shape index (κ2) is 5.92. The zero-order chi connectivity index (χ0) is 10.3. The quantitative estimate of drug-likeness (QED) is 0.796. The van der Waals surface area contributed by atoms with Gasteiger partial charge in [-0.3, -0.25) is 0 Å². The van der Waals surface area contributed by atoms with E-state index in [1.54, 1.807) is 0 Å². The molecule has 0 radical (unpaired) electrons. The minimum atomic E-state index is 0.896. The molecule has 2 rings (SSSR count). The minimum Gasteiger partial charge on any atom is -0.316 e. The third-order valence-electron chi connectivity index (χ3n) is 3.33. The fraction of sp³-hybridized carbons (Fsp3) is 0.571. The molecule has 82 valence electrons. The van der Waals surface area contributed by atoms with Gasteiger partial charge in [-0.1, -0.05) is 36.8 Å². The monoisotopic (exact) mass is 203 g/mol. The molecule has 0 aromatic heterocycles. The van der Waals surface area contributed by atoms with E-state index in [1.807, 2.05) is 0 Å². The van der Waals surface area contributed by atoms with Gasteiger partial charge in [-0.2, -0.15) is 0 Å². The lowest BCUT2D eigenvalue weighted by molar-refractivity contribution is 0.447. The van der Waals surface area contributed by atoms with Crippen LogP contribution < -0.4 is 5.32 Å². The van der Waals surface area contributed by atoms with Crippen LogP contribution in [-0.4, -0.2) is 13.1 Å². The Morgan fingerprint density at radius 2 is 2.00 bits per heavy atom. The van der Waals surface area contributed by atoms with Gasteiger partial charge in [-0.15, -0.1) is 0 Å². The number of nitrogens with one attached hydrogen (secondary N) is 1. The first kappa shape index (κ1) is 10.7. The van der Waals surface area contributed by atoms with E-state index in [9.17, 15) is 0 Å². The fourth-order valence-corrected chi connectivity index (χ4v) is 2.35. The van der Waals surface area contributed by atoms with Gasteiger partial charge in [0.2, 0.25) is 0 Å². The van der Waals surface area contributed by atoms with Gasteiger partial charge in [0.1, 0.15) is 0 Å². The lowest BCUT2D eigenvalue weighted by atomic mass is 9.95. The summed E-state index contributed by atoms with van der Waals surface area (Å²) in [6, 6.07) is 10.9. The summed E-state index contributed by atoms with van der Waals surface area (Å²) in [5.74, 6) is 0.896. The zero-order valence-electron chi connectivity index (χ0n) is 9.41. The highest BCUT2D eigenvalue weighted by Gasteiger charge is 2.11. The smallest absolute Gasteiger partial charge is 0.00204 e. The van der Waals surface area contributed by atoms with Crippen LogP contribution in [-0.2, 0) is 6.42 Å². The van der Waals surface area contributed by atoms with Crippen LogP contribution in [0.2, 0.25) is 0 Å². The summed E-state index contributed by atoms with van der Waals surface area (Å²) in [5, 5.41) is 3.53. The van der Waals surface area contributed by atoms with Crippen LogP contribution in [0.1, 0.15) is 31.2 Å². The van der Waals surface area contributed by atoms with Crippen molar-refractivity contribution >= 4 is 0 Å². The van der Waals surface area contributed by atoms with Crippen molar-refractivity contribution in [1.82, 2.24) is 5.32 Å². The normalized spacial score (nSPS) is 22.3. The lowest BCUT2D eigenvalue weighted by Gasteiger charge is -2.13. The maximum absolute atomic E-state index is 3.53. The Balaban J connectivity index is 1.77. The average Bonchev–Trinajstić information content (AvgIpc) is 2.56. The molecule has 1 heterocycles. The van der Waals surface area contributed by atoms with Crippen molar-refractivity contribution in [2.24, 2.45) is 5.92 Å². The summed E-state index contributed by atoms with van der Waals surface area (Å²) in [6.07, 6.45) is 6.78. The van der Waals surface area contributed by atoms with Gasteiger partial charge in [0.05, 0.1) is 0 Å². The molecule has 1 aromatic rings. The zero-order valence-corrected chi connectivity index (χ0v) is 9.41. The van der Waals surface area contributed by atoms with Gasteiger partial charge < -0.3 is 5.32 Å². The molecule has 1 nitrogen and oxygen atoms in total.